The van der Waals surface area contributed by atoms with E-state index < -0.39 is 0 Å². The molecule has 194 valence electrons. The zero-order chi connectivity index (χ0) is 26.1. The Hall–Kier alpha value is -4.47. The normalized spacial score (nSPS) is 14.4. The summed E-state index contributed by atoms with van der Waals surface area (Å²) in [7, 11) is 1.81. The van der Waals surface area contributed by atoms with Gasteiger partial charge in [-0.25, -0.2) is 19.7 Å². The number of aromatic nitrogens is 6. The number of H-pyrrole nitrogens is 1. The minimum Gasteiger partial charge on any atom is -0.355 e. The average Bonchev–Trinajstić information content (AvgIpc) is 3.47. The highest BCUT2D eigenvalue weighted by Crippen LogP contribution is 2.30. The highest BCUT2D eigenvalue weighted by molar-refractivity contribution is 5.96. The maximum Gasteiger partial charge on any atom is 0.326 e. The van der Waals surface area contributed by atoms with Crippen molar-refractivity contribution in [3.8, 4) is 0 Å². The van der Waals surface area contributed by atoms with Crippen LogP contribution in [0.3, 0.4) is 0 Å². The molecular weight excluding hydrogens is 480 g/mol. The minimum absolute atomic E-state index is 0.0711. The number of hydrogen-bond donors (Lipinski definition) is 2. The van der Waals surface area contributed by atoms with Gasteiger partial charge in [0, 0.05) is 32.7 Å². The lowest BCUT2D eigenvalue weighted by Crippen LogP contribution is -2.37. The summed E-state index contributed by atoms with van der Waals surface area (Å²) in [5.74, 6) is 0.821. The molecule has 3 aromatic heterocycles. The number of rotatable bonds is 7. The highest BCUT2D eigenvalue weighted by atomic mass is 16.2. The first-order chi connectivity index (χ1) is 18.6. The van der Waals surface area contributed by atoms with Crippen molar-refractivity contribution in [1.82, 2.24) is 34.4 Å². The van der Waals surface area contributed by atoms with Crippen molar-refractivity contribution in [2.75, 3.05) is 24.5 Å². The zero-order valence-electron chi connectivity index (χ0n) is 21.3. The Kier molecular flexibility index (Phi) is 6.36. The molecule has 1 aliphatic heterocycles. The summed E-state index contributed by atoms with van der Waals surface area (Å²) in [6.07, 6.45) is 4.87. The van der Waals surface area contributed by atoms with Crippen LogP contribution >= 0.6 is 0 Å². The highest BCUT2D eigenvalue weighted by Gasteiger charge is 2.27. The van der Waals surface area contributed by atoms with Crippen LogP contribution in [0.4, 0.5) is 5.82 Å². The van der Waals surface area contributed by atoms with Crippen LogP contribution in [-0.2, 0) is 13.5 Å². The summed E-state index contributed by atoms with van der Waals surface area (Å²) in [5.41, 5.74) is 4.22. The molecule has 5 aromatic rings. The smallest absolute Gasteiger partial charge is 0.326 e. The number of imidazole rings is 2. The fourth-order valence-electron chi connectivity index (χ4n) is 5.41. The van der Waals surface area contributed by atoms with Gasteiger partial charge in [-0.15, -0.1) is 0 Å². The van der Waals surface area contributed by atoms with E-state index in [4.69, 9.17) is 0 Å². The predicted octanol–water partition coefficient (Wildman–Crippen LogP) is 3.21. The van der Waals surface area contributed by atoms with Crippen LogP contribution in [0.1, 0.15) is 41.5 Å². The zero-order valence-corrected chi connectivity index (χ0v) is 21.3. The van der Waals surface area contributed by atoms with Gasteiger partial charge < -0.3 is 19.8 Å². The molecule has 10 heteroatoms. The SMILES string of the molecule is Cn1c(C(=O)NCCCc2ccccc2)nc2c(N3CCC(n4c(=O)[nH]c5ccccc54)CC3)ncnc21. The number of carbonyl (C=O) groups excluding carboxylic acids is 1. The van der Waals surface area contributed by atoms with Crippen molar-refractivity contribution in [3.63, 3.8) is 0 Å². The van der Waals surface area contributed by atoms with Crippen LogP contribution in [-0.4, -0.2) is 54.6 Å². The molecule has 1 fully saturated rings. The fourth-order valence-corrected chi connectivity index (χ4v) is 5.41. The average molecular weight is 511 g/mol. The number of nitrogens with zero attached hydrogens (tertiary/aromatic N) is 6. The molecule has 0 radical (unpaired) electrons. The van der Waals surface area contributed by atoms with Crippen molar-refractivity contribution in [1.29, 1.82) is 0 Å². The summed E-state index contributed by atoms with van der Waals surface area (Å²) in [4.78, 5) is 44.4. The Morgan fingerprint density at radius 1 is 1.05 bits per heavy atom. The first-order valence-corrected chi connectivity index (χ1v) is 13.0. The molecule has 0 bridgehead atoms. The molecule has 1 amide bonds. The molecule has 0 unspecified atom stereocenters. The number of benzene rings is 2. The second-order valence-corrected chi connectivity index (χ2v) is 9.74. The van der Waals surface area contributed by atoms with Gasteiger partial charge in [-0.2, -0.15) is 0 Å². The second kappa shape index (κ2) is 10.1. The molecule has 1 saturated heterocycles. The number of anilines is 1. The molecule has 38 heavy (non-hydrogen) atoms. The summed E-state index contributed by atoms with van der Waals surface area (Å²) >= 11 is 0. The number of amides is 1. The van der Waals surface area contributed by atoms with Gasteiger partial charge in [0.15, 0.2) is 17.0 Å². The van der Waals surface area contributed by atoms with E-state index in [-0.39, 0.29) is 17.6 Å². The Balaban J connectivity index is 1.15. The minimum atomic E-state index is -0.220. The Morgan fingerprint density at radius 2 is 1.82 bits per heavy atom. The summed E-state index contributed by atoms with van der Waals surface area (Å²) < 4.78 is 3.61. The molecule has 0 saturated carbocycles. The van der Waals surface area contributed by atoms with Crippen molar-refractivity contribution < 1.29 is 4.79 Å². The maximum absolute atomic E-state index is 13.0. The van der Waals surface area contributed by atoms with E-state index in [2.05, 4.69) is 42.3 Å². The van der Waals surface area contributed by atoms with Crippen molar-refractivity contribution in [2.24, 2.45) is 7.05 Å². The van der Waals surface area contributed by atoms with Gasteiger partial charge in [0.05, 0.1) is 11.0 Å². The lowest BCUT2D eigenvalue weighted by Gasteiger charge is -2.33. The number of para-hydroxylation sites is 2. The van der Waals surface area contributed by atoms with E-state index >= 15 is 0 Å². The van der Waals surface area contributed by atoms with E-state index in [1.54, 1.807) is 11.6 Å². The number of nitrogens with one attached hydrogen (secondary N) is 2. The van der Waals surface area contributed by atoms with Gasteiger partial charge in [0.1, 0.15) is 6.33 Å². The van der Waals surface area contributed by atoms with Crippen LogP contribution < -0.4 is 15.9 Å². The Bertz CT molecular complexity index is 1640. The lowest BCUT2D eigenvalue weighted by atomic mass is 10.0. The molecule has 4 heterocycles. The molecule has 2 N–H and O–H groups in total. The Morgan fingerprint density at radius 3 is 2.63 bits per heavy atom. The molecule has 1 aliphatic rings. The topological polar surface area (TPSA) is 114 Å². The maximum atomic E-state index is 13.0. The molecule has 2 aromatic carbocycles. The first kappa shape index (κ1) is 23.9. The third-order valence-electron chi connectivity index (χ3n) is 7.36. The number of fused-ring (bicyclic) bond motifs is 2. The van der Waals surface area contributed by atoms with Gasteiger partial charge in [-0.1, -0.05) is 42.5 Å². The predicted molar refractivity (Wildman–Crippen MR) is 146 cm³/mol. The Labute approximate surface area is 219 Å². The first-order valence-electron chi connectivity index (χ1n) is 13.0. The van der Waals surface area contributed by atoms with Crippen molar-refractivity contribution in [3.05, 3.63) is 82.8 Å². The summed E-state index contributed by atoms with van der Waals surface area (Å²) in [6, 6.07) is 18.1. The molecule has 0 spiro atoms. The van der Waals surface area contributed by atoms with E-state index in [1.165, 1.54) is 11.9 Å². The standard InChI is InChI=1S/C28H30N8O2/c1-34-24-23(33-26(34)27(37)29-15-7-10-19-8-3-2-4-9-19)25(31-18-30-24)35-16-13-20(14-17-35)36-22-12-6-5-11-21(22)32-28(36)38/h2-6,8-9,11-12,18,20H,7,10,13-17H2,1H3,(H,29,37)(H,32,38). The van der Waals surface area contributed by atoms with E-state index in [1.807, 2.05) is 47.0 Å². The van der Waals surface area contributed by atoms with Gasteiger partial charge in [-0.05, 0) is 43.4 Å². The number of hydrogen-bond acceptors (Lipinski definition) is 6. The van der Waals surface area contributed by atoms with Gasteiger partial charge in [-0.3, -0.25) is 9.36 Å². The third-order valence-corrected chi connectivity index (χ3v) is 7.36. The van der Waals surface area contributed by atoms with E-state index in [9.17, 15) is 9.59 Å². The fraction of sp³-hybridized carbons (Fsp3) is 0.321. The molecular formula is C28H30N8O2. The molecule has 10 nitrogen and oxygen atoms in total. The van der Waals surface area contributed by atoms with E-state index in [0.29, 0.717) is 23.5 Å². The van der Waals surface area contributed by atoms with Gasteiger partial charge in [0.2, 0.25) is 5.82 Å². The number of carbonyl (C=O) groups is 1. The second-order valence-electron chi connectivity index (χ2n) is 9.74. The number of piperidine rings is 1. The number of aryl methyl sites for hydroxylation is 2. The van der Waals surface area contributed by atoms with Crippen LogP contribution in [0.2, 0.25) is 0 Å². The molecule has 0 atom stereocenters. The lowest BCUT2D eigenvalue weighted by molar-refractivity contribution is 0.0940. The van der Waals surface area contributed by atoms with Crippen LogP contribution in [0.5, 0.6) is 0 Å². The van der Waals surface area contributed by atoms with Crippen LogP contribution in [0.15, 0.2) is 65.7 Å². The molecule has 6 rings (SSSR count). The monoisotopic (exact) mass is 510 g/mol. The van der Waals surface area contributed by atoms with Crippen molar-refractivity contribution in [2.45, 2.75) is 31.7 Å². The quantitative estimate of drug-likeness (QED) is 0.325. The van der Waals surface area contributed by atoms with Crippen molar-refractivity contribution >= 4 is 33.9 Å². The largest absolute Gasteiger partial charge is 0.355 e. The van der Waals surface area contributed by atoms with Crippen LogP contribution in [0, 0.1) is 0 Å². The summed E-state index contributed by atoms with van der Waals surface area (Å²) in [5, 5.41) is 2.99. The molecule has 0 aliphatic carbocycles. The van der Waals surface area contributed by atoms with E-state index in [0.717, 1.165) is 55.6 Å². The van der Waals surface area contributed by atoms with Gasteiger partial charge in [0.25, 0.3) is 5.91 Å². The van der Waals surface area contributed by atoms with Crippen LogP contribution in [0.25, 0.3) is 22.2 Å². The third kappa shape index (κ3) is 4.42. The van der Waals surface area contributed by atoms with Gasteiger partial charge >= 0.3 is 5.69 Å². The summed E-state index contributed by atoms with van der Waals surface area (Å²) in [6.45, 7) is 2.01. The number of aromatic amines is 1.